The van der Waals surface area contributed by atoms with Crippen molar-refractivity contribution >= 4 is 23.5 Å². The number of hydrogen-bond acceptors (Lipinski definition) is 5. The van der Waals surface area contributed by atoms with Gasteiger partial charge in [-0.15, -0.1) is 0 Å². The molecule has 1 amide bonds. The van der Waals surface area contributed by atoms with Crippen LogP contribution < -0.4 is 10.6 Å². The Kier molecular flexibility index (Phi) is 9.39. The van der Waals surface area contributed by atoms with Crippen LogP contribution in [0.3, 0.4) is 0 Å². The third-order valence-corrected chi connectivity index (χ3v) is 6.97. The third kappa shape index (κ3) is 7.60. The van der Waals surface area contributed by atoms with Crippen molar-refractivity contribution in [3.8, 4) is 17.4 Å². The maximum atomic E-state index is 13.2. The lowest BCUT2D eigenvalue weighted by Crippen LogP contribution is -2.38. The number of rotatable bonds is 11. The number of hydrogen-bond donors (Lipinski definition) is 3. The van der Waals surface area contributed by atoms with Crippen molar-refractivity contribution < 1.29 is 19.1 Å². The van der Waals surface area contributed by atoms with Gasteiger partial charge in [-0.05, 0) is 73.9 Å². The molecule has 4 aromatic rings. The third-order valence-electron chi connectivity index (χ3n) is 6.64. The Hall–Kier alpha value is -4.38. The van der Waals surface area contributed by atoms with E-state index in [2.05, 4.69) is 54.8 Å². The number of carboxylic acid groups (broad SMARTS) is 1. The molecule has 2 unspecified atom stereocenters. The average molecular weight is 556 g/mol. The highest BCUT2D eigenvalue weighted by Gasteiger charge is 2.20. The van der Waals surface area contributed by atoms with Crippen LogP contribution in [0.5, 0.6) is 0 Å². The molecule has 3 aromatic carbocycles. The van der Waals surface area contributed by atoms with E-state index in [1.165, 1.54) is 11.1 Å². The number of nitrogens with one attached hydrogen (secondary N) is 2. The van der Waals surface area contributed by atoms with Gasteiger partial charge in [0.2, 0.25) is 0 Å². The maximum Gasteiger partial charge on any atom is 0.305 e. The SMILES string of the molecule is Cc1ccc(C(C)NCc2ccc(-c3ccc(Cl)c(C(=O)NC(CC(=O)O)Cc4ccc(C#N)cc4)c3)o2)cc1. The highest BCUT2D eigenvalue weighted by atomic mass is 35.5. The van der Waals surface area contributed by atoms with Crippen molar-refractivity contribution in [1.82, 2.24) is 10.6 Å². The first-order chi connectivity index (χ1) is 19.2. The lowest BCUT2D eigenvalue weighted by atomic mass is 10.0. The summed E-state index contributed by atoms with van der Waals surface area (Å²) in [6.45, 7) is 4.68. The molecule has 0 aliphatic rings. The number of nitrogens with zero attached hydrogens (tertiary/aromatic N) is 1. The summed E-state index contributed by atoms with van der Waals surface area (Å²) in [5, 5.41) is 24.9. The molecular weight excluding hydrogens is 526 g/mol. The smallest absolute Gasteiger partial charge is 0.305 e. The van der Waals surface area contributed by atoms with Crippen molar-refractivity contribution in [2.45, 2.75) is 45.3 Å². The van der Waals surface area contributed by atoms with Gasteiger partial charge in [-0.2, -0.15) is 5.26 Å². The molecule has 0 saturated heterocycles. The van der Waals surface area contributed by atoms with Gasteiger partial charge in [-0.3, -0.25) is 9.59 Å². The second kappa shape index (κ2) is 13.1. The number of carbonyl (C=O) groups is 2. The van der Waals surface area contributed by atoms with E-state index in [0.717, 1.165) is 11.3 Å². The molecular formula is C32H30ClN3O4. The molecule has 3 N–H and O–H groups in total. The van der Waals surface area contributed by atoms with Crippen molar-refractivity contribution in [2.75, 3.05) is 0 Å². The molecule has 0 fully saturated rings. The van der Waals surface area contributed by atoms with Crippen LogP contribution in [0.4, 0.5) is 0 Å². The Balaban J connectivity index is 1.44. The topological polar surface area (TPSA) is 115 Å². The predicted octanol–water partition coefficient (Wildman–Crippen LogP) is 6.45. The van der Waals surface area contributed by atoms with Crippen LogP contribution in [-0.2, 0) is 17.8 Å². The Bertz CT molecular complexity index is 1520. The molecule has 40 heavy (non-hydrogen) atoms. The summed E-state index contributed by atoms with van der Waals surface area (Å²) >= 11 is 6.37. The summed E-state index contributed by atoms with van der Waals surface area (Å²) in [5.41, 5.74) is 4.60. The van der Waals surface area contributed by atoms with Crippen LogP contribution in [0.25, 0.3) is 11.3 Å². The molecule has 0 saturated carbocycles. The standard InChI is InChI=1S/C32H30ClN3O4/c1-20-3-9-24(10-4-20)21(2)35-19-27-12-14-30(40-27)25-11-13-29(33)28(16-25)32(39)36-26(17-31(37)38)15-22-5-7-23(18-34)8-6-22/h3-14,16,21,26,35H,15,17,19H2,1-2H3,(H,36,39)(H,37,38). The minimum absolute atomic E-state index is 0.142. The monoisotopic (exact) mass is 555 g/mol. The van der Waals surface area contributed by atoms with E-state index in [9.17, 15) is 14.7 Å². The lowest BCUT2D eigenvalue weighted by molar-refractivity contribution is -0.137. The van der Waals surface area contributed by atoms with Crippen molar-refractivity contribution in [3.05, 3.63) is 117 Å². The molecule has 4 rings (SSSR count). The Morgan fingerprint density at radius 3 is 2.42 bits per heavy atom. The number of amides is 1. The second-order valence-electron chi connectivity index (χ2n) is 9.75. The van der Waals surface area contributed by atoms with E-state index in [4.69, 9.17) is 21.3 Å². The zero-order valence-electron chi connectivity index (χ0n) is 22.3. The number of benzene rings is 3. The molecule has 8 heteroatoms. The minimum Gasteiger partial charge on any atom is -0.481 e. The van der Waals surface area contributed by atoms with Crippen LogP contribution in [0.1, 0.15) is 57.8 Å². The van der Waals surface area contributed by atoms with Crippen LogP contribution in [0.2, 0.25) is 5.02 Å². The van der Waals surface area contributed by atoms with Gasteiger partial charge in [0.05, 0.1) is 35.2 Å². The van der Waals surface area contributed by atoms with Gasteiger partial charge < -0.3 is 20.2 Å². The first-order valence-electron chi connectivity index (χ1n) is 12.9. The minimum atomic E-state index is -1.03. The van der Waals surface area contributed by atoms with Gasteiger partial charge in [-0.25, -0.2) is 0 Å². The van der Waals surface area contributed by atoms with Gasteiger partial charge >= 0.3 is 5.97 Å². The summed E-state index contributed by atoms with van der Waals surface area (Å²) < 4.78 is 6.04. The van der Waals surface area contributed by atoms with Crippen LogP contribution in [0.15, 0.2) is 83.3 Å². The fraction of sp³-hybridized carbons (Fsp3) is 0.219. The number of halogens is 1. The molecule has 0 spiro atoms. The second-order valence-corrected chi connectivity index (χ2v) is 10.2. The van der Waals surface area contributed by atoms with Crippen LogP contribution in [-0.4, -0.2) is 23.0 Å². The van der Waals surface area contributed by atoms with Crippen LogP contribution >= 0.6 is 11.6 Å². The largest absolute Gasteiger partial charge is 0.481 e. The highest BCUT2D eigenvalue weighted by molar-refractivity contribution is 6.34. The Labute approximate surface area is 238 Å². The number of carbonyl (C=O) groups excluding carboxylic acids is 1. The first kappa shape index (κ1) is 28.6. The van der Waals surface area contributed by atoms with Crippen LogP contribution in [0, 0.1) is 18.3 Å². The summed E-state index contributed by atoms with van der Waals surface area (Å²) in [6, 6.07) is 25.5. The molecule has 1 heterocycles. The van der Waals surface area contributed by atoms with E-state index in [1.807, 2.05) is 12.1 Å². The van der Waals surface area contributed by atoms with Gasteiger partial charge in [0.1, 0.15) is 11.5 Å². The number of carboxylic acids is 1. The van der Waals surface area contributed by atoms with Crippen molar-refractivity contribution in [2.24, 2.45) is 0 Å². The number of aryl methyl sites for hydroxylation is 1. The Morgan fingerprint density at radius 2 is 1.75 bits per heavy atom. The van der Waals surface area contributed by atoms with Crippen molar-refractivity contribution in [3.63, 3.8) is 0 Å². The fourth-order valence-electron chi connectivity index (χ4n) is 4.36. The molecule has 1 aromatic heterocycles. The summed E-state index contributed by atoms with van der Waals surface area (Å²) in [6.07, 6.45) is 0.0230. The number of aliphatic carboxylic acids is 1. The normalized spacial score (nSPS) is 12.3. The average Bonchev–Trinajstić information content (AvgIpc) is 3.41. The summed E-state index contributed by atoms with van der Waals surface area (Å²) in [5.74, 6) is -0.177. The molecule has 0 aliphatic heterocycles. The predicted molar refractivity (Wildman–Crippen MR) is 154 cm³/mol. The van der Waals surface area contributed by atoms with E-state index in [0.29, 0.717) is 23.4 Å². The molecule has 0 aliphatic carbocycles. The van der Waals surface area contributed by atoms with E-state index >= 15 is 0 Å². The lowest BCUT2D eigenvalue weighted by Gasteiger charge is -2.18. The zero-order chi connectivity index (χ0) is 28.6. The van der Waals surface area contributed by atoms with Gasteiger partial charge in [-0.1, -0.05) is 53.6 Å². The molecule has 0 radical (unpaired) electrons. The molecule has 2 atom stereocenters. The maximum absolute atomic E-state index is 13.2. The van der Waals surface area contributed by atoms with E-state index in [1.54, 1.807) is 42.5 Å². The van der Waals surface area contributed by atoms with E-state index in [-0.39, 0.29) is 29.5 Å². The molecule has 7 nitrogen and oxygen atoms in total. The highest BCUT2D eigenvalue weighted by Crippen LogP contribution is 2.27. The first-order valence-corrected chi connectivity index (χ1v) is 13.3. The molecule has 0 bridgehead atoms. The van der Waals surface area contributed by atoms with Gasteiger partial charge in [0, 0.05) is 17.6 Å². The number of furan rings is 1. The van der Waals surface area contributed by atoms with Gasteiger partial charge in [0.15, 0.2) is 0 Å². The zero-order valence-corrected chi connectivity index (χ0v) is 23.0. The molecule has 204 valence electrons. The quantitative estimate of drug-likeness (QED) is 0.196. The van der Waals surface area contributed by atoms with E-state index < -0.39 is 17.9 Å². The fourth-order valence-corrected chi connectivity index (χ4v) is 4.56. The Morgan fingerprint density at radius 1 is 1.02 bits per heavy atom. The summed E-state index contributed by atoms with van der Waals surface area (Å²) in [4.78, 5) is 24.7. The number of nitriles is 1. The summed E-state index contributed by atoms with van der Waals surface area (Å²) in [7, 11) is 0. The van der Waals surface area contributed by atoms with Crippen molar-refractivity contribution in [1.29, 1.82) is 5.26 Å². The van der Waals surface area contributed by atoms with Gasteiger partial charge in [0.25, 0.3) is 5.91 Å².